The minimum atomic E-state index is -0.283. The van der Waals surface area contributed by atoms with E-state index in [0.29, 0.717) is 26.1 Å². The van der Waals surface area contributed by atoms with Crippen molar-refractivity contribution < 1.29 is 14.3 Å². The van der Waals surface area contributed by atoms with Gasteiger partial charge >= 0.3 is 5.97 Å². The third kappa shape index (κ3) is 5.00. The number of hydrogen-bond acceptors (Lipinski definition) is 6. The highest BCUT2D eigenvalue weighted by molar-refractivity contribution is 5.68. The summed E-state index contributed by atoms with van der Waals surface area (Å²) in [6.07, 6.45) is 2.44. The predicted octanol–water partition coefficient (Wildman–Crippen LogP) is 0.279. The zero-order valence-electron chi connectivity index (χ0n) is 12.2. The number of hydrogen-bond donors (Lipinski definition) is 0. The molecule has 0 aromatic carbocycles. The summed E-state index contributed by atoms with van der Waals surface area (Å²) in [5.41, 5.74) is 0.563. The maximum atomic E-state index is 11.9. The van der Waals surface area contributed by atoms with Gasteiger partial charge in [-0.2, -0.15) is 5.10 Å². The number of rotatable bonds is 8. The van der Waals surface area contributed by atoms with Gasteiger partial charge < -0.3 is 14.4 Å². The quantitative estimate of drug-likeness (QED) is 0.638. The second-order valence-electron chi connectivity index (χ2n) is 4.37. The summed E-state index contributed by atoms with van der Waals surface area (Å²) in [5, 5.41) is 4.10. The van der Waals surface area contributed by atoms with Crippen LogP contribution in [-0.2, 0) is 20.8 Å². The number of nitrogens with zero attached hydrogens (tertiary/aromatic N) is 3. The van der Waals surface area contributed by atoms with E-state index < -0.39 is 0 Å². The molecular formula is C13H21N3O4. The topological polar surface area (TPSA) is 73.7 Å². The van der Waals surface area contributed by atoms with Crippen LogP contribution in [0.5, 0.6) is 0 Å². The summed E-state index contributed by atoms with van der Waals surface area (Å²) < 4.78 is 10.9. The minimum absolute atomic E-state index is 0.184. The summed E-state index contributed by atoms with van der Waals surface area (Å²) in [4.78, 5) is 24.8. The van der Waals surface area contributed by atoms with E-state index in [-0.39, 0.29) is 17.9 Å². The van der Waals surface area contributed by atoms with E-state index in [9.17, 15) is 9.59 Å². The first-order valence-electron chi connectivity index (χ1n) is 6.42. The predicted molar refractivity (Wildman–Crippen MR) is 74.9 cm³/mol. The summed E-state index contributed by atoms with van der Waals surface area (Å²) >= 11 is 0. The Labute approximate surface area is 118 Å². The molecule has 7 heteroatoms. The Balaban J connectivity index is 2.59. The van der Waals surface area contributed by atoms with E-state index in [1.807, 2.05) is 11.9 Å². The number of ether oxygens (including phenoxy) is 2. The van der Waals surface area contributed by atoms with Crippen molar-refractivity contribution in [2.75, 3.05) is 39.3 Å². The number of esters is 1. The maximum absolute atomic E-state index is 11.9. The molecule has 0 unspecified atom stereocenters. The largest absolute Gasteiger partial charge is 0.469 e. The molecule has 0 fully saturated rings. The average Bonchev–Trinajstić information content (AvgIpc) is 2.46. The molecule has 1 heterocycles. The number of aromatic nitrogens is 2. The second kappa shape index (κ2) is 8.31. The highest BCUT2D eigenvalue weighted by atomic mass is 16.5. The van der Waals surface area contributed by atoms with Crippen LogP contribution in [0.4, 0.5) is 5.69 Å². The Hall–Kier alpha value is -1.89. The lowest BCUT2D eigenvalue weighted by Crippen LogP contribution is -2.27. The lowest BCUT2D eigenvalue weighted by Gasteiger charge is -2.18. The molecule has 0 aliphatic carbocycles. The van der Waals surface area contributed by atoms with Gasteiger partial charge in [-0.05, 0) is 6.42 Å². The monoisotopic (exact) mass is 283 g/mol. The van der Waals surface area contributed by atoms with Crippen molar-refractivity contribution in [1.82, 2.24) is 9.78 Å². The van der Waals surface area contributed by atoms with Gasteiger partial charge in [-0.25, -0.2) is 4.68 Å². The number of aryl methyl sites for hydroxylation is 1. The number of likely N-dealkylation sites (N-methyl/N-ethyl adjacent to an activating group) is 1. The molecule has 20 heavy (non-hydrogen) atoms. The van der Waals surface area contributed by atoms with Crippen molar-refractivity contribution in [3.63, 3.8) is 0 Å². The molecular weight excluding hydrogens is 262 g/mol. The van der Waals surface area contributed by atoms with E-state index in [2.05, 4.69) is 9.84 Å². The smallest absolute Gasteiger partial charge is 0.305 e. The fraction of sp³-hybridized carbons (Fsp3) is 0.615. The summed E-state index contributed by atoms with van der Waals surface area (Å²) in [6.45, 7) is 1.67. The molecule has 0 spiro atoms. The Bertz CT molecular complexity index is 487. The fourth-order valence-corrected chi connectivity index (χ4v) is 1.63. The van der Waals surface area contributed by atoms with Crippen LogP contribution in [-0.4, -0.2) is 50.2 Å². The van der Waals surface area contributed by atoms with Crippen LogP contribution >= 0.6 is 0 Å². The van der Waals surface area contributed by atoms with E-state index in [1.165, 1.54) is 17.9 Å². The molecule has 0 radical (unpaired) electrons. The van der Waals surface area contributed by atoms with Gasteiger partial charge in [0.05, 0.1) is 25.6 Å². The van der Waals surface area contributed by atoms with Gasteiger partial charge in [0.15, 0.2) is 0 Å². The normalized spacial score (nSPS) is 10.3. The first-order chi connectivity index (χ1) is 9.58. The van der Waals surface area contributed by atoms with Crippen molar-refractivity contribution in [3.05, 3.63) is 22.6 Å². The molecule has 0 bridgehead atoms. The zero-order valence-corrected chi connectivity index (χ0v) is 12.2. The Morgan fingerprint density at radius 3 is 2.80 bits per heavy atom. The molecule has 0 atom stereocenters. The highest BCUT2D eigenvalue weighted by Crippen LogP contribution is 2.06. The molecule has 0 saturated heterocycles. The molecule has 0 amide bonds. The maximum Gasteiger partial charge on any atom is 0.305 e. The van der Waals surface area contributed by atoms with Gasteiger partial charge in [-0.1, -0.05) is 0 Å². The average molecular weight is 283 g/mol. The van der Waals surface area contributed by atoms with Crippen LogP contribution in [0, 0.1) is 0 Å². The van der Waals surface area contributed by atoms with Crippen LogP contribution in [0.25, 0.3) is 0 Å². The van der Waals surface area contributed by atoms with E-state index >= 15 is 0 Å². The molecule has 0 N–H and O–H groups in total. The molecule has 112 valence electrons. The molecule has 1 rings (SSSR count). The van der Waals surface area contributed by atoms with E-state index in [4.69, 9.17) is 4.74 Å². The molecule has 7 nitrogen and oxygen atoms in total. The van der Waals surface area contributed by atoms with Crippen molar-refractivity contribution in [2.24, 2.45) is 0 Å². The minimum Gasteiger partial charge on any atom is -0.469 e. The van der Waals surface area contributed by atoms with Crippen molar-refractivity contribution in [2.45, 2.75) is 19.4 Å². The third-order valence-electron chi connectivity index (χ3n) is 2.91. The van der Waals surface area contributed by atoms with Crippen LogP contribution in [0.1, 0.15) is 12.8 Å². The van der Waals surface area contributed by atoms with Crippen molar-refractivity contribution in [1.29, 1.82) is 0 Å². The summed E-state index contributed by atoms with van der Waals surface area (Å²) in [6, 6.07) is 1.53. The lowest BCUT2D eigenvalue weighted by molar-refractivity contribution is -0.140. The van der Waals surface area contributed by atoms with Gasteiger partial charge in [0.2, 0.25) is 0 Å². The third-order valence-corrected chi connectivity index (χ3v) is 2.91. The Kier molecular flexibility index (Phi) is 6.72. The summed E-state index contributed by atoms with van der Waals surface area (Å²) in [5.74, 6) is -0.283. The van der Waals surface area contributed by atoms with Crippen molar-refractivity contribution >= 4 is 11.7 Å². The van der Waals surface area contributed by atoms with Gasteiger partial charge in [0.1, 0.15) is 0 Å². The first kappa shape index (κ1) is 16.2. The number of carbonyl (C=O) groups is 1. The zero-order chi connectivity index (χ0) is 15.0. The molecule has 0 aliphatic heterocycles. The number of methoxy groups -OCH3 is 2. The standard InChI is InChI=1S/C13H21N3O4/c1-15(7-8-19-2)11-9-12(17)16(14-10-11)6-4-5-13(18)20-3/h9-10H,4-8H2,1-3H3. The van der Waals surface area contributed by atoms with Gasteiger partial charge in [-0.3, -0.25) is 9.59 Å². The molecule has 1 aromatic heterocycles. The number of carbonyl (C=O) groups excluding carboxylic acids is 1. The van der Waals surface area contributed by atoms with Crippen molar-refractivity contribution in [3.8, 4) is 0 Å². The molecule has 1 aromatic rings. The van der Waals surface area contributed by atoms with Crippen LogP contribution in [0.2, 0.25) is 0 Å². The lowest BCUT2D eigenvalue weighted by atomic mass is 10.3. The molecule has 0 saturated carbocycles. The Morgan fingerprint density at radius 1 is 1.45 bits per heavy atom. The van der Waals surface area contributed by atoms with Crippen LogP contribution < -0.4 is 10.5 Å². The summed E-state index contributed by atoms with van der Waals surface area (Å²) in [7, 11) is 4.85. The fourth-order valence-electron chi connectivity index (χ4n) is 1.63. The second-order valence-corrected chi connectivity index (χ2v) is 4.37. The van der Waals surface area contributed by atoms with Crippen LogP contribution in [0.3, 0.4) is 0 Å². The van der Waals surface area contributed by atoms with Crippen LogP contribution in [0.15, 0.2) is 17.1 Å². The highest BCUT2D eigenvalue weighted by Gasteiger charge is 2.06. The Morgan fingerprint density at radius 2 is 2.20 bits per heavy atom. The first-order valence-corrected chi connectivity index (χ1v) is 6.42. The van der Waals surface area contributed by atoms with E-state index in [0.717, 1.165) is 5.69 Å². The van der Waals surface area contributed by atoms with E-state index in [1.54, 1.807) is 13.3 Å². The molecule has 0 aliphatic rings. The van der Waals surface area contributed by atoms with Gasteiger partial charge in [-0.15, -0.1) is 0 Å². The number of anilines is 1. The van der Waals surface area contributed by atoms with Gasteiger partial charge in [0.25, 0.3) is 5.56 Å². The van der Waals surface area contributed by atoms with Gasteiger partial charge in [0, 0.05) is 39.7 Å². The SMILES string of the molecule is COCCN(C)c1cnn(CCCC(=O)OC)c(=O)c1.